The molecule has 6 nitrogen and oxygen atoms in total. The smallest absolute Gasteiger partial charge is 0.328 e. The van der Waals surface area contributed by atoms with Crippen molar-refractivity contribution in [3.05, 3.63) is 48.5 Å². The van der Waals surface area contributed by atoms with Gasteiger partial charge in [0.1, 0.15) is 17.2 Å². The highest BCUT2D eigenvalue weighted by Crippen LogP contribution is 2.34. The van der Waals surface area contributed by atoms with Crippen molar-refractivity contribution in [2.45, 2.75) is 6.42 Å². The SMILES string of the molecule is COc1cc(Oc2ccccc2)ccc1N1CCC(=O)NC1=O. The van der Waals surface area contributed by atoms with Gasteiger partial charge in [0.2, 0.25) is 5.91 Å². The fraction of sp³-hybridized carbons (Fsp3) is 0.176. The normalized spacial score (nSPS) is 14.4. The van der Waals surface area contributed by atoms with E-state index in [1.54, 1.807) is 18.2 Å². The highest BCUT2D eigenvalue weighted by molar-refractivity contribution is 6.06. The second-order valence-corrected chi connectivity index (χ2v) is 5.00. The molecule has 0 spiro atoms. The highest BCUT2D eigenvalue weighted by Gasteiger charge is 2.26. The molecule has 118 valence electrons. The van der Waals surface area contributed by atoms with E-state index in [0.29, 0.717) is 29.5 Å². The maximum absolute atomic E-state index is 12.0. The number of hydrogen-bond donors (Lipinski definition) is 1. The van der Waals surface area contributed by atoms with E-state index in [-0.39, 0.29) is 12.3 Å². The van der Waals surface area contributed by atoms with Crippen LogP contribution in [0, 0.1) is 0 Å². The van der Waals surface area contributed by atoms with Crippen LogP contribution in [0.25, 0.3) is 0 Å². The number of benzene rings is 2. The molecule has 1 aliphatic heterocycles. The summed E-state index contributed by atoms with van der Waals surface area (Å²) in [5.74, 6) is 1.55. The van der Waals surface area contributed by atoms with Crippen LogP contribution < -0.4 is 19.7 Å². The maximum Gasteiger partial charge on any atom is 0.328 e. The van der Waals surface area contributed by atoms with Crippen molar-refractivity contribution < 1.29 is 19.1 Å². The number of hydrogen-bond acceptors (Lipinski definition) is 4. The first-order valence-electron chi connectivity index (χ1n) is 7.19. The van der Waals surface area contributed by atoms with Crippen molar-refractivity contribution in [1.29, 1.82) is 0 Å². The number of anilines is 1. The van der Waals surface area contributed by atoms with Gasteiger partial charge in [-0.3, -0.25) is 15.0 Å². The number of methoxy groups -OCH3 is 1. The molecule has 0 atom stereocenters. The lowest BCUT2D eigenvalue weighted by atomic mass is 10.2. The lowest BCUT2D eigenvalue weighted by Gasteiger charge is -2.28. The van der Waals surface area contributed by atoms with Crippen molar-refractivity contribution in [1.82, 2.24) is 5.32 Å². The third-order valence-corrected chi connectivity index (χ3v) is 3.47. The van der Waals surface area contributed by atoms with Gasteiger partial charge in [-0.05, 0) is 24.3 Å². The molecule has 0 unspecified atom stereocenters. The molecule has 6 heteroatoms. The minimum atomic E-state index is -0.448. The van der Waals surface area contributed by atoms with Crippen molar-refractivity contribution in [3.8, 4) is 17.2 Å². The number of imide groups is 1. The second kappa shape index (κ2) is 6.39. The molecule has 3 rings (SSSR count). The fourth-order valence-corrected chi connectivity index (χ4v) is 2.36. The van der Waals surface area contributed by atoms with Crippen LogP contribution >= 0.6 is 0 Å². The predicted molar refractivity (Wildman–Crippen MR) is 85.0 cm³/mol. The zero-order valence-electron chi connectivity index (χ0n) is 12.6. The summed E-state index contributed by atoms with van der Waals surface area (Å²) >= 11 is 0. The third-order valence-electron chi connectivity index (χ3n) is 3.47. The maximum atomic E-state index is 12.0. The lowest BCUT2D eigenvalue weighted by Crippen LogP contribution is -2.49. The summed E-state index contributed by atoms with van der Waals surface area (Å²) in [5, 5.41) is 2.29. The van der Waals surface area contributed by atoms with Crippen LogP contribution in [0.2, 0.25) is 0 Å². The predicted octanol–water partition coefficient (Wildman–Crippen LogP) is 2.93. The number of carbonyl (C=O) groups excluding carboxylic acids is 2. The molecule has 2 aromatic rings. The molecule has 0 aliphatic carbocycles. The first kappa shape index (κ1) is 14.9. The molecule has 0 aromatic heterocycles. The van der Waals surface area contributed by atoms with Crippen LogP contribution in [0.15, 0.2) is 48.5 Å². The number of ether oxygens (including phenoxy) is 2. The summed E-state index contributed by atoms with van der Waals surface area (Å²) in [5.41, 5.74) is 0.595. The minimum Gasteiger partial charge on any atom is -0.494 e. The van der Waals surface area contributed by atoms with E-state index in [9.17, 15) is 9.59 Å². The third kappa shape index (κ3) is 3.26. The molecule has 23 heavy (non-hydrogen) atoms. The van der Waals surface area contributed by atoms with Gasteiger partial charge in [0.25, 0.3) is 0 Å². The molecular weight excluding hydrogens is 296 g/mol. The van der Waals surface area contributed by atoms with Gasteiger partial charge in [0, 0.05) is 19.0 Å². The van der Waals surface area contributed by atoms with Crippen molar-refractivity contribution >= 4 is 17.6 Å². The van der Waals surface area contributed by atoms with E-state index in [1.807, 2.05) is 30.3 Å². The lowest BCUT2D eigenvalue weighted by molar-refractivity contribution is -0.120. The Bertz CT molecular complexity index is 731. The standard InChI is InChI=1S/C17H16N2O4/c1-22-15-11-13(23-12-5-3-2-4-6-12)7-8-14(15)19-10-9-16(20)18-17(19)21/h2-8,11H,9-10H2,1H3,(H,18,20,21). The summed E-state index contributed by atoms with van der Waals surface area (Å²) in [4.78, 5) is 24.7. The van der Waals surface area contributed by atoms with E-state index in [4.69, 9.17) is 9.47 Å². The van der Waals surface area contributed by atoms with Gasteiger partial charge >= 0.3 is 6.03 Å². The van der Waals surface area contributed by atoms with Gasteiger partial charge in [-0.2, -0.15) is 0 Å². The Morgan fingerprint density at radius 2 is 1.83 bits per heavy atom. The summed E-state index contributed by atoms with van der Waals surface area (Å²) in [7, 11) is 1.53. The molecule has 0 bridgehead atoms. The Kier molecular flexibility index (Phi) is 4.14. The van der Waals surface area contributed by atoms with Crippen molar-refractivity contribution in [2.24, 2.45) is 0 Å². The minimum absolute atomic E-state index is 0.261. The summed E-state index contributed by atoms with van der Waals surface area (Å²) in [6, 6.07) is 14.1. The first-order valence-corrected chi connectivity index (χ1v) is 7.19. The van der Waals surface area contributed by atoms with Crippen molar-refractivity contribution in [3.63, 3.8) is 0 Å². The number of rotatable bonds is 4. The monoisotopic (exact) mass is 312 g/mol. The molecule has 2 aromatic carbocycles. The molecule has 1 fully saturated rings. The van der Waals surface area contributed by atoms with Gasteiger partial charge in [-0.15, -0.1) is 0 Å². The zero-order valence-corrected chi connectivity index (χ0v) is 12.6. The van der Waals surface area contributed by atoms with Gasteiger partial charge in [0.05, 0.1) is 12.8 Å². The molecule has 0 saturated carbocycles. The molecule has 1 saturated heterocycles. The van der Waals surface area contributed by atoms with Crippen LogP contribution in [0.5, 0.6) is 17.2 Å². The van der Waals surface area contributed by atoms with E-state index in [0.717, 1.165) is 0 Å². The number of amides is 3. The average Bonchev–Trinajstić information content (AvgIpc) is 2.56. The molecule has 3 amide bonds. The van der Waals surface area contributed by atoms with E-state index in [1.165, 1.54) is 12.0 Å². The summed E-state index contributed by atoms with van der Waals surface area (Å²) in [6.45, 7) is 0.319. The topological polar surface area (TPSA) is 67.9 Å². The average molecular weight is 312 g/mol. The highest BCUT2D eigenvalue weighted by atomic mass is 16.5. The quantitative estimate of drug-likeness (QED) is 0.942. The Balaban J connectivity index is 1.85. The number of carbonyl (C=O) groups is 2. The van der Waals surface area contributed by atoms with Crippen molar-refractivity contribution in [2.75, 3.05) is 18.6 Å². The van der Waals surface area contributed by atoms with E-state index in [2.05, 4.69) is 5.32 Å². The van der Waals surface area contributed by atoms with Gasteiger partial charge in [-0.25, -0.2) is 4.79 Å². The molecular formula is C17H16N2O4. The van der Waals surface area contributed by atoms with Crippen LogP contribution in [0.1, 0.15) is 6.42 Å². The Morgan fingerprint density at radius 1 is 1.04 bits per heavy atom. The molecule has 1 heterocycles. The van der Waals surface area contributed by atoms with Gasteiger partial charge < -0.3 is 9.47 Å². The molecule has 0 radical (unpaired) electrons. The van der Waals surface area contributed by atoms with Crippen LogP contribution in [0.3, 0.4) is 0 Å². The van der Waals surface area contributed by atoms with Crippen LogP contribution in [-0.4, -0.2) is 25.6 Å². The molecule has 1 N–H and O–H groups in total. The van der Waals surface area contributed by atoms with Gasteiger partial charge in [-0.1, -0.05) is 18.2 Å². The summed E-state index contributed by atoms with van der Waals surface area (Å²) < 4.78 is 11.1. The number of para-hydroxylation sites is 1. The van der Waals surface area contributed by atoms with Crippen LogP contribution in [0.4, 0.5) is 10.5 Å². The number of nitrogens with zero attached hydrogens (tertiary/aromatic N) is 1. The number of nitrogens with one attached hydrogen (secondary N) is 1. The summed E-state index contributed by atoms with van der Waals surface area (Å²) in [6.07, 6.45) is 0.261. The Morgan fingerprint density at radius 3 is 2.52 bits per heavy atom. The zero-order chi connectivity index (χ0) is 16.2. The van der Waals surface area contributed by atoms with Gasteiger partial charge in [0.15, 0.2) is 0 Å². The first-order chi connectivity index (χ1) is 11.2. The Hall–Kier alpha value is -3.02. The van der Waals surface area contributed by atoms with E-state index < -0.39 is 6.03 Å². The largest absolute Gasteiger partial charge is 0.494 e. The van der Waals surface area contributed by atoms with Crippen LogP contribution in [-0.2, 0) is 4.79 Å². The Labute approximate surface area is 133 Å². The fourth-order valence-electron chi connectivity index (χ4n) is 2.36. The molecule has 1 aliphatic rings. The van der Waals surface area contributed by atoms with E-state index >= 15 is 0 Å². The second-order valence-electron chi connectivity index (χ2n) is 5.00. The number of urea groups is 1.